The number of rotatable bonds is 2. The smallest absolute Gasteiger partial charge is 0.251 e. The van der Waals surface area contributed by atoms with E-state index >= 15 is 0 Å². The van der Waals surface area contributed by atoms with E-state index in [1.807, 2.05) is 0 Å². The second-order valence-corrected chi connectivity index (χ2v) is 2.07. The van der Waals surface area contributed by atoms with Crippen molar-refractivity contribution in [3.05, 3.63) is 30.7 Å². The van der Waals surface area contributed by atoms with Crippen molar-refractivity contribution >= 4 is 11.5 Å². The van der Waals surface area contributed by atoms with Crippen molar-refractivity contribution in [2.24, 2.45) is 0 Å². The third-order valence-corrected chi connectivity index (χ3v) is 1.37. The maximum Gasteiger partial charge on any atom is 0.251 e. The lowest BCUT2D eigenvalue weighted by Gasteiger charge is -1.98. The van der Waals surface area contributed by atoms with E-state index in [2.05, 4.69) is 11.9 Å². The van der Waals surface area contributed by atoms with E-state index in [9.17, 15) is 4.79 Å². The fraction of sp³-hybridized carbons (Fsp3) is 0.125. The van der Waals surface area contributed by atoms with Crippen LogP contribution in [0.3, 0.4) is 0 Å². The molecule has 3 nitrogen and oxygen atoms in total. The lowest BCUT2D eigenvalue weighted by Crippen LogP contribution is -2.18. The maximum atomic E-state index is 11.0. The van der Waals surface area contributed by atoms with E-state index in [4.69, 9.17) is 4.42 Å². The molecule has 1 amide bonds. The zero-order valence-electron chi connectivity index (χ0n) is 6.26. The minimum absolute atomic E-state index is 0.189. The summed E-state index contributed by atoms with van der Waals surface area (Å²) in [5.41, 5.74) is 1.13. The number of carbonyl (C=O) groups excluding carboxylic acids is 1. The first kappa shape index (κ1) is 7.60. The highest BCUT2D eigenvalue weighted by Gasteiger charge is 2.06. The molecule has 1 N–H and O–H groups in total. The number of nitrogens with one attached hydrogen (secondary N) is 1. The summed E-state index contributed by atoms with van der Waals surface area (Å²) >= 11 is 0. The standard InChI is InChI=1S/C8H9NO2/c1-6(8(10)9-2)7-3-4-11-5-7/h3-5H,1H2,2H3,(H,9,10). The predicted octanol–water partition coefficient (Wildman–Crippen LogP) is 1.04. The van der Waals surface area contributed by atoms with E-state index in [1.165, 1.54) is 12.5 Å². The van der Waals surface area contributed by atoms with Crippen LogP contribution in [0, 0.1) is 0 Å². The summed E-state index contributed by atoms with van der Waals surface area (Å²) in [7, 11) is 1.56. The van der Waals surface area contributed by atoms with Crippen LogP contribution in [0.4, 0.5) is 0 Å². The lowest BCUT2D eigenvalue weighted by molar-refractivity contribution is -0.115. The molecule has 0 aliphatic rings. The Labute approximate surface area is 64.7 Å². The molecule has 0 spiro atoms. The molecule has 0 bridgehead atoms. The largest absolute Gasteiger partial charge is 0.472 e. The second kappa shape index (κ2) is 3.05. The Morgan fingerprint density at radius 1 is 1.73 bits per heavy atom. The van der Waals surface area contributed by atoms with Gasteiger partial charge in [-0.15, -0.1) is 0 Å². The number of furan rings is 1. The molecule has 0 aliphatic carbocycles. The Morgan fingerprint density at radius 3 is 2.91 bits per heavy atom. The van der Waals surface area contributed by atoms with Gasteiger partial charge < -0.3 is 9.73 Å². The molecule has 1 rings (SSSR count). The van der Waals surface area contributed by atoms with Crippen molar-refractivity contribution in [3.8, 4) is 0 Å². The van der Waals surface area contributed by atoms with Crippen molar-refractivity contribution in [1.29, 1.82) is 0 Å². The second-order valence-electron chi connectivity index (χ2n) is 2.07. The van der Waals surface area contributed by atoms with Crippen LogP contribution in [0.5, 0.6) is 0 Å². The van der Waals surface area contributed by atoms with Crippen LogP contribution in [0.2, 0.25) is 0 Å². The van der Waals surface area contributed by atoms with Crippen molar-refractivity contribution in [3.63, 3.8) is 0 Å². The number of amides is 1. The van der Waals surface area contributed by atoms with E-state index in [1.54, 1.807) is 13.1 Å². The topological polar surface area (TPSA) is 42.2 Å². The van der Waals surface area contributed by atoms with Crippen LogP contribution < -0.4 is 5.32 Å². The molecule has 3 heteroatoms. The molecule has 0 radical (unpaired) electrons. The van der Waals surface area contributed by atoms with Crippen LogP contribution in [-0.2, 0) is 4.79 Å². The molecule has 0 atom stereocenters. The molecule has 58 valence electrons. The summed E-state index contributed by atoms with van der Waals surface area (Å²) in [5.74, 6) is -0.189. The molecule has 0 aliphatic heterocycles. The van der Waals surface area contributed by atoms with E-state index in [-0.39, 0.29) is 5.91 Å². The zero-order valence-corrected chi connectivity index (χ0v) is 6.26. The van der Waals surface area contributed by atoms with Crippen LogP contribution in [0.15, 0.2) is 29.6 Å². The van der Waals surface area contributed by atoms with Gasteiger partial charge in [0.2, 0.25) is 0 Å². The third-order valence-electron chi connectivity index (χ3n) is 1.37. The first-order valence-corrected chi connectivity index (χ1v) is 3.19. The van der Waals surface area contributed by atoms with Gasteiger partial charge in [-0.3, -0.25) is 4.79 Å². The lowest BCUT2D eigenvalue weighted by atomic mass is 10.1. The van der Waals surface area contributed by atoms with Crippen LogP contribution in [0.1, 0.15) is 5.56 Å². The number of likely N-dealkylation sites (N-methyl/N-ethyl adjacent to an activating group) is 1. The monoisotopic (exact) mass is 151 g/mol. The number of hydrogen-bond donors (Lipinski definition) is 1. The molecular formula is C8H9NO2. The van der Waals surface area contributed by atoms with Gasteiger partial charge in [0, 0.05) is 18.2 Å². The normalized spacial score (nSPS) is 9.18. The van der Waals surface area contributed by atoms with E-state index in [0.29, 0.717) is 11.1 Å². The van der Waals surface area contributed by atoms with Crippen LogP contribution >= 0.6 is 0 Å². The Hall–Kier alpha value is -1.51. The molecule has 1 aromatic heterocycles. The molecule has 0 saturated carbocycles. The summed E-state index contributed by atoms with van der Waals surface area (Å²) in [6.45, 7) is 3.60. The predicted molar refractivity (Wildman–Crippen MR) is 41.8 cm³/mol. The summed E-state index contributed by atoms with van der Waals surface area (Å²) in [6.07, 6.45) is 2.99. The Morgan fingerprint density at radius 2 is 2.45 bits per heavy atom. The van der Waals surface area contributed by atoms with Gasteiger partial charge in [0.1, 0.15) is 0 Å². The first-order chi connectivity index (χ1) is 5.25. The zero-order chi connectivity index (χ0) is 8.27. The Bertz CT molecular complexity index is 262. The summed E-state index contributed by atoms with van der Waals surface area (Å²) < 4.78 is 4.79. The molecule has 0 aromatic carbocycles. The molecule has 0 saturated heterocycles. The molecule has 0 unspecified atom stereocenters. The molecule has 0 fully saturated rings. The fourth-order valence-electron chi connectivity index (χ4n) is 0.718. The highest BCUT2D eigenvalue weighted by atomic mass is 16.3. The summed E-state index contributed by atoms with van der Waals surface area (Å²) in [5, 5.41) is 2.47. The van der Waals surface area contributed by atoms with E-state index in [0.717, 1.165) is 0 Å². The Balaban J connectivity index is 2.79. The van der Waals surface area contributed by atoms with Crippen LogP contribution in [-0.4, -0.2) is 13.0 Å². The van der Waals surface area contributed by atoms with Gasteiger partial charge in [-0.1, -0.05) is 6.58 Å². The van der Waals surface area contributed by atoms with Gasteiger partial charge in [-0.2, -0.15) is 0 Å². The Kier molecular flexibility index (Phi) is 2.11. The molecule has 1 aromatic rings. The SMILES string of the molecule is C=C(C(=O)NC)c1ccoc1. The maximum absolute atomic E-state index is 11.0. The quantitative estimate of drug-likeness (QED) is 0.641. The molecule has 11 heavy (non-hydrogen) atoms. The van der Waals surface area contributed by atoms with Gasteiger partial charge in [0.05, 0.1) is 12.5 Å². The van der Waals surface area contributed by atoms with Gasteiger partial charge in [0.25, 0.3) is 5.91 Å². The highest BCUT2D eigenvalue weighted by Crippen LogP contribution is 2.11. The van der Waals surface area contributed by atoms with Gasteiger partial charge in [0.15, 0.2) is 0 Å². The van der Waals surface area contributed by atoms with Crippen molar-refractivity contribution in [2.45, 2.75) is 0 Å². The summed E-state index contributed by atoms with van der Waals surface area (Å²) in [4.78, 5) is 11.0. The van der Waals surface area contributed by atoms with Gasteiger partial charge >= 0.3 is 0 Å². The minimum atomic E-state index is -0.189. The van der Waals surface area contributed by atoms with Crippen molar-refractivity contribution < 1.29 is 9.21 Å². The number of carbonyl (C=O) groups is 1. The highest BCUT2D eigenvalue weighted by molar-refractivity contribution is 6.18. The summed E-state index contributed by atoms with van der Waals surface area (Å²) in [6, 6.07) is 1.69. The van der Waals surface area contributed by atoms with Crippen molar-refractivity contribution in [2.75, 3.05) is 7.05 Å². The van der Waals surface area contributed by atoms with Gasteiger partial charge in [-0.25, -0.2) is 0 Å². The van der Waals surface area contributed by atoms with E-state index < -0.39 is 0 Å². The molecular weight excluding hydrogens is 142 g/mol. The average molecular weight is 151 g/mol. The first-order valence-electron chi connectivity index (χ1n) is 3.19. The minimum Gasteiger partial charge on any atom is -0.472 e. The van der Waals surface area contributed by atoms with Gasteiger partial charge in [-0.05, 0) is 6.07 Å². The molecule has 1 heterocycles. The van der Waals surface area contributed by atoms with Crippen LogP contribution in [0.25, 0.3) is 5.57 Å². The number of hydrogen-bond acceptors (Lipinski definition) is 2. The third kappa shape index (κ3) is 1.49. The average Bonchev–Trinajstić information content (AvgIpc) is 2.53. The van der Waals surface area contributed by atoms with Crippen molar-refractivity contribution in [1.82, 2.24) is 5.32 Å². The fourth-order valence-corrected chi connectivity index (χ4v) is 0.718.